The average molecular weight is 516 g/mol. The molecule has 1 saturated heterocycles. The fourth-order valence-corrected chi connectivity index (χ4v) is 5.87. The summed E-state index contributed by atoms with van der Waals surface area (Å²) in [5, 5.41) is 22.3. The molecule has 0 spiro atoms. The first-order valence-electron chi connectivity index (χ1n) is 11.7. The van der Waals surface area contributed by atoms with Gasteiger partial charge in [0.05, 0.1) is 29.2 Å². The lowest BCUT2D eigenvalue weighted by molar-refractivity contribution is -0.153. The fraction of sp³-hybridized carbons (Fsp3) is 0.423. The number of thioether (sulfide) groups is 1. The van der Waals surface area contributed by atoms with E-state index in [0.717, 1.165) is 30.8 Å². The van der Waals surface area contributed by atoms with Crippen LogP contribution < -0.4 is 4.74 Å². The molecule has 0 amide bonds. The number of benzene rings is 1. The summed E-state index contributed by atoms with van der Waals surface area (Å²) in [7, 11) is 1.58. The molecule has 1 aromatic carbocycles. The van der Waals surface area contributed by atoms with Gasteiger partial charge in [-0.25, -0.2) is 0 Å². The van der Waals surface area contributed by atoms with Gasteiger partial charge in [0.25, 0.3) is 0 Å². The maximum atomic E-state index is 12.3. The van der Waals surface area contributed by atoms with Crippen molar-refractivity contribution < 1.29 is 19.7 Å². The molecule has 4 rings (SSSR count). The molecule has 9 heteroatoms. The Bertz CT molecular complexity index is 1160. The summed E-state index contributed by atoms with van der Waals surface area (Å²) in [5.41, 5.74) is 0.430. The van der Waals surface area contributed by atoms with Crippen molar-refractivity contribution in [3.8, 4) is 5.75 Å². The predicted molar refractivity (Wildman–Crippen MR) is 138 cm³/mol. The van der Waals surface area contributed by atoms with Crippen LogP contribution in [0, 0.1) is 5.41 Å². The van der Waals surface area contributed by atoms with Gasteiger partial charge in [-0.05, 0) is 69.1 Å². The third-order valence-electron chi connectivity index (χ3n) is 6.89. The first-order chi connectivity index (χ1) is 16.9. The monoisotopic (exact) mass is 515 g/mol. The summed E-state index contributed by atoms with van der Waals surface area (Å²) in [6.07, 6.45) is 6.03. The number of hydrogen-bond acceptors (Lipinski definition) is 7. The highest BCUT2D eigenvalue weighted by molar-refractivity contribution is 7.99. The lowest BCUT2D eigenvalue weighted by Crippen LogP contribution is -2.45. The molecule has 7 nitrogen and oxygen atoms in total. The van der Waals surface area contributed by atoms with Gasteiger partial charge in [0.2, 0.25) is 0 Å². The standard InChI is InChI=1S/C26H30ClN3O4S/c1-34-18-2-3-22-20(16-18)24(21(27)17-29-22)23(31)4-7-26(25(32)33)8-12-30(13-9-26)14-15-35-19-5-10-28-11-6-19/h2-3,5-6,10-11,16-17,23,31H,4,7-9,12-15H2,1H3,(H,32,33)/t23-/m0/s1. The van der Waals surface area contributed by atoms with E-state index in [1.54, 1.807) is 31.3 Å². The zero-order chi connectivity index (χ0) is 24.8. The second-order valence-electron chi connectivity index (χ2n) is 8.92. The molecule has 0 radical (unpaired) electrons. The molecule has 1 aliphatic heterocycles. The smallest absolute Gasteiger partial charge is 0.309 e. The summed E-state index contributed by atoms with van der Waals surface area (Å²) >= 11 is 8.21. The van der Waals surface area contributed by atoms with Crippen molar-refractivity contribution in [2.75, 3.05) is 32.5 Å². The number of carboxylic acid groups (broad SMARTS) is 1. The Labute approximate surface area is 214 Å². The number of rotatable bonds is 10. The number of likely N-dealkylation sites (tertiary alicyclic amines) is 1. The number of methoxy groups -OCH3 is 1. The molecular formula is C26H30ClN3O4S. The normalized spacial score (nSPS) is 16.8. The van der Waals surface area contributed by atoms with Crippen molar-refractivity contribution in [1.29, 1.82) is 0 Å². The van der Waals surface area contributed by atoms with Gasteiger partial charge in [-0.1, -0.05) is 11.6 Å². The number of nitrogens with zero attached hydrogens (tertiary/aromatic N) is 3. The van der Waals surface area contributed by atoms with E-state index in [1.807, 2.05) is 30.3 Å². The summed E-state index contributed by atoms with van der Waals surface area (Å²) in [5.74, 6) is 0.800. The molecule has 3 aromatic rings. The number of pyridine rings is 2. The zero-order valence-corrected chi connectivity index (χ0v) is 21.3. The fourth-order valence-electron chi connectivity index (χ4n) is 4.69. The molecule has 1 atom stereocenters. The predicted octanol–water partition coefficient (Wildman–Crippen LogP) is 5.06. The van der Waals surface area contributed by atoms with Crippen LogP contribution in [0.15, 0.2) is 53.8 Å². The summed E-state index contributed by atoms with van der Waals surface area (Å²) in [6, 6.07) is 9.43. The third-order valence-corrected chi connectivity index (χ3v) is 8.18. The summed E-state index contributed by atoms with van der Waals surface area (Å²) < 4.78 is 5.32. The number of piperidine rings is 1. The molecule has 3 heterocycles. The molecular weight excluding hydrogens is 486 g/mol. The van der Waals surface area contributed by atoms with Crippen LogP contribution in [-0.2, 0) is 4.79 Å². The molecule has 186 valence electrons. The van der Waals surface area contributed by atoms with Crippen molar-refractivity contribution >= 4 is 40.2 Å². The van der Waals surface area contributed by atoms with E-state index in [0.29, 0.717) is 47.5 Å². The van der Waals surface area contributed by atoms with Gasteiger partial charge in [0.15, 0.2) is 0 Å². The largest absolute Gasteiger partial charge is 0.497 e. The average Bonchev–Trinajstić information content (AvgIpc) is 2.88. The van der Waals surface area contributed by atoms with Gasteiger partial charge in [-0.15, -0.1) is 11.8 Å². The zero-order valence-electron chi connectivity index (χ0n) is 19.7. The van der Waals surface area contributed by atoms with Crippen molar-refractivity contribution in [2.24, 2.45) is 5.41 Å². The molecule has 2 N–H and O–H groups in total. The van der Waals surface area contributed by atoms with Crippen molar-refractivity contribution in [3.05, 3.63) is 59.5 Å². The van der Waals surface area contributed by atoms with E-state index in [2.05, 4.69) is 14.9 Å². The molecule has 1 fully saturated rings. The molecule has 0 aliphatic carbocycles. The minimum atomic E-state index is -0.897. The van der Waals surface area contributed by atoms with Crippen LogP contribution in [0.1, 0.15) is 37.4 Å². The number of hydrogen-bond donors (Lipinski definition) is 2. The number of aliphatic carboxylic acids is 1. The van der Waals surface area contributed by atoms with Gasteiger partial charge in [0, 0.05) is 46.7 Å². The number of carboxylic acids is 1. The Balaban J connectivity index is 1.38. The molecule has 35 heavy (non-hydrogen) atoms. The highest BCUT2D eigenvalue weighted by Crippen LogP contribution is 2.41. The maximum Gasteiger partial charge on any atom is 0.309 e. The van der Waals surface area contributed by atoms with Gasteiger partial charge < -0.3 is 19.8 Å². The van der Waals surface area contributed by atoms with E-state index in [-0.39, 0.29) is 0 Å². The van der Waals surface area contributed by atoms with Crippen molar-refractivity contribution in [1.82, 2.24) is 14.9 Å². The van der Waals surface area contributed by atoms with E-state index < -0.39 is 17.5 Å². The van der Waals surface area contributed by atoms with Crippen LogP contribution in [0.3, 0.4) is 0 Å². The molecule has 0 bridgehead atoms. The number of halogens is 1. The van der Waals surface area contributed by atoms with E-state index in [4.69, 9.17) is 16.3 Å². The van der Waals surface area contributed by atoms with E-state index >= 15 is 0 Å². The first-order valence-corrected chi connectivity index (χ1v) is 13.1. The Morgan fingerprint density at radius 3 is 2.69 bits per heavy atom. The van der Waals surface area contributed by atoms with Crippen LogP contribution in [0.5, 0.6) is 5.75 Å². The third kappa shape index (κ3) is 6.06. The lowest BCUT2D eigenvalue weighted by atomic mass is 9.74. The molecule has 1 aliphatic rings. The van der Waals surface area contributed by atoms with Crippen LogP contribution in [-0.4, -0.2) is 63.5 Å². The number of aromatic nitrogens is 2. The summed E-state index contributed by atoms with van der Waals surface area (Å²) in [6.45, 7) is 2.37. The number of fused-ring (bicyclic) bond motifs is 1. The van der Waals surface area contributed by atoms with Crippen LogP contribution in [0.25, 0.3) is 10.9 Å². The maximum absolute atomic E-state index is 12.3. The van der Waals surface area contributed by atoms with E-state index in [9.17, 15) is 15.0 Å². The van der Waals surface area contributed by atoms with Gasteiger partial charge >= 0.3 is 5.97 Å². The number of aliphatic hydroxyl groups excluding tert-OH is 1. The Morgan fingerprint density at radius 2 is 2.00 bits per heavy atom. The quantitative estimate of drug-likeness (QED) is 0.361. The Kier molecular flexibility index (Phi) is 8.49. The number of carbonyl (C=O) groups is 1. The van der Waals surface area contributed by atoms with Crippen molar-refractivity contribution in [3.63, 3.8) is 0 Å². The second-order valence-corrected chi connectivity index (χ2v) is 10.5. The van der Waals surface area contributed by atoms with Gasteiger partial charge in [-0.3, -0.25) is 14.8 Å². The lowest BCUT2D eigenvalue weighted by Gasteiger charge is -2.39. The Hall–Kier alpha value is -2.39. The van der Waals surface area contributed by atoms with Gasteiger partial charge in [0.1, 0.15) is 5.75 Å². The van der Waals surface area contributed by atoms with Gasteiger partial charge in [-0.2, -0.15) is 0 Å². The minimum Gasteiger partial charge on any atom is -0.497 e. The highest BCUT2D eigenvalue weighted by atomic mass is 35.5. The highest BCUT2D eigenvalue weighted by Gasteiger charge is 2.41. The van der Waals surface area contributed by atoms with Crippen LogP contribution in [0.4, 0.5) is 0 Å². The Morgan fingerprint density at radius 1 is 1.26 bits per heavy atom. The molecule has 0 saturated carbocycles. The topological polar surface area (TPSA) is 95.8 Å². The van der Waals surface area contributed by atoms with Crippen LogP contribution >= 0.6 is 23.4 Å². The molecule has 2 aromatic heterocycles. The number of ether oxygens (including phenoxy) is 1. The van der Waals surface area contributed by atoms with Crippen molar-refractivity contribution in [2.45, 2.75) is 36.7 Å². The number of aliphatic hydroxyl groups is 1. The SMILES string of the molecule is COc1ccc2ncc(Cl)c([C@@H](O)CCC3(C(=O)O)CCN(CCSc4ccncc4)CC3)c2c1. The summed E-state index contributed by atoms with van der Waals surface area (Å²) in [4.78, 5) is 24.2. The minimum absolute atomic E-state index is 0.306. The van der Waals surface area contributed by atoms with Crippen LogP contribution in [0.2, 0.25) is 5.02 Å². The molecule has 0 unspecified atom stereocenters. The second kappa shape index (κ2) is 11.6. The van der Waals surface area contributed by atoms with E-state index in [1.165, 1.54) is 11.1 Å². The first kappa shape index (κ1) is 25.7.